The predicted molar refractivity (Wildman–Crippen MR) is 58.6 cm³/mol. The van der Waals surface area contributed by atoms with Crippen LogP contribution in [0.1, 0.15) is 27.7 Å². The standard InChI is InChI=1S/C10H14BrN3/c1-9(2,7-12)10(3,4)14-6-8(11)5-13-14/h5-6H,1-4H3. The van der Waals surface area contributed by atoms with E-state index in [1.54, 1.807) is 6.20 Å². The second-order valence-electron chi connectivity index (χ2n) is 4.40. The third-order valence-corrected chi connectivity index (χ3v) is 3.34. The number of halogens is 1. The fraction of sp³-hybridized carbons (Fsp3) is 0.600. The molecule has 4 heteroatoms. The van der Waals surface area contributed by atoms with E-state index in [-0.39, 0.29) is 5.54 Å². The Hall–Kier alpha value is -0.820. The Morgan fingerprint density at radius 3 is 2.36 bits per heavy atom. The van der Waals surface area contributed by atoms with Crippen LogP contribution in [-0.4, -0.2) is 9.78 Å². The molecular weight excluding hydrogens is 242 g/mol. The molecule has 0 aromatic carbocycles. The summed E-state index contributed by atoms with van der Waals surface area (Å²) in [7, 11) is 0. The van der Waals surface area contributed by atoms with E-state index in [0.717, 1.165) is 4.47 Å². The number of hydrogen-bond donors (Lipinski definition) is 0. The van der Waals surface area contributed by atoms with E-state index in [0.29, 0.717) is 0 Å². The predicted octanol–water partition coefficient (Wildman–Crippen LogP) is 2.93. The zero-order valence-corrected chi connectivity index (χ0v) is 10.5. The molecule has 3 nitrogen and oxygen atoms in total. The Balaban J connectivity index is 3.15. The normalized spacial score (nSPS) is 12.6. The topological polar surface area (TPSA) is 41.6 Å². The first-order valence-electron chi connectivity index (χ1n) is 4.43. The highest BCUT2D eigenvalue weighted by Gasteiger charge is 2.39. The quantitative estimate of drug-likeness (QED) is 0.816. The molecule has 0 fully saturated rings. The molecule has 1 aromatic heterocycles. The van der Waals surface area contributed by atoms with Crippen molar-refractivity contribution >= 4 is 15.9 Å². The van der Waals surface area contributed by atoms with Crippen molar-refractivity contribution in [3.8, 4) is 6.07 Å². The molecular formula is C10H14BrN3. The van der Waals surface area contributed by atoms with Gasteiger partial charge in [0.1, 0.15) is 0 Å². The molecule has 0 saturated heterocycles. The first kappa shape index (κ1) is 11.3. The summed E-state index contributed by atoms with van der Waals surface area (Å²) in [6.45, 7) is 7.86. The first-order chi connectivity index (χ1) is 6.31. The van der Waals surface area contributed by atoms with Gasteiger partial charge in [0.2, 0.25) is 0 Å². The van der Waals surface area contributed by atoms with Gasteiger partial charge in [-0.25, -0.2) is 0 Å². The summed E-state index contributed by atoms with van der Waals surface area (Å²) in [5.41, 5.74) is -0.785. The number of nitrogens with zero attached hydrogens (tertiary/aromatic N) is 3. The highest BCUT2D eigenvalue weighted by Crippen LogP contribution is 2.36. The third-order valence-electron chi connectivity index (χ3n) is 2.93. The minimum Gasteiger partial charge on any atom is -0.264 e. The van der Waals surface area contributed by atoms with Gasteiger partial charge in [-0.3, -0.25) is 4.68 Å². The zero-order valence-electron chi connectivity index (χ0n) is 8.87. The van der Waals surface area contributed by atoms with Crippen molar-refractivity contribution in [1.82, 2.24) is 9.78 Å². The van der Waals surface area contributed by atoms with E-state index < -0.39 is 5.41 Å². The fourth-order valence-electron chi connectivity index (χ4n) is 1.03. The van der Waals surface area contributed by atoms with Crippen LogP contribution in [0.4, 0.5) is 0 Å². The van der Waals surface area contributed by atoms with Crippen LogP contribution in [-0.2, 0) is 5.54 Å². The molecule has 0 unspecified atom stereocenters. The molecule has 0 spiro atoms. The van der Waals surface area contributed by atoms with Crippen molar-refractivity contribution in [2.24, 2.45) is 5.41 Å². The molecule has 0 aliphatic rings. The van der Waals surface area contributed by atoms with Crippen molar-refractivity contribution in [3.05, 3.63) is 16.9 Å². The Labute approximate surface area is 92.9 Å². The summed E-state index contributed by atoms with van der Waals surface area (Å²) in [6, 6.07) is 2.31. The molecule has 1 aromatic rings. The van der Waals surface area contributed by atoms with Gasteiger partial charge in [0.15, 0.2) is 0 Å². The smallest absolute Gasteiger partial charge is 0.0764 e. The summed E-state index contributed by atoms with van der Waals surface area (Å²) in [5.74, 6) is 0. The summed E-state index contributed by atoms with van der Waals surface area (Å²) in [4.78, 5) is 0. The molecule has 0 aliphatic carbocycles. The molecule has 0 N–H and O–H groups in total. The van der Waals surface area contributed by atoms with Gasteiger partial charge in [-0.15, -0.1) is 0 Å². The molecule has 1 rings (SSSR count). The van der Waals surface area contributed by atoms with Crippen LogP contribution in [0, 0.1) is 16.7 Å². The lowest BCUT2D eigenvalue weighted by Gasteiger charge is -2.36. The maximum absolute atomic E-state index is 9.09. The van der Waals surface area contributed by atoms with Crippen molar-refractivity contribution in [2.75, 3.05) is 0 Å². The van der Waals surface area contributed by atoms with Crippen LogP contribution in [0.3, 0.4) is 0 Å². The summed E-state index contributed by atoms with van der Waals surface area (Å²) < 4.78 is 2.75. The molecule has 0 aliphatic heterocycles. The molecule has 0 saturated carbocycles. The molecule has 0 atom stereocenters. The van der Waals surface area contributed by atoms with Crippen LogP contribution in [0.5, 0.6) is 0 Å². The SMILES string of the molecule is CC(C)(C#N)C(C)(C)n1cc(Br)cn1. The van der Waals surface area contributed by atoms with E-state index in [9.17, 15) is 0 Å². The van der Waals surface area contributed by atoms with Crippen molar-refractivity contribution in [3.63, 3.8) is 0 Å². The van der Waals surface area contributed by atoms with E-state index >= 15 is 0 Å². The highest BCUT2D eigenvalue weighted by molar-refractivity contribution is 9.10. The van der Waals surface area contributed by atoms with Gasteiger partial charge < -0.3 is 0 Å². The lowest BCUT2D eigenvalue weighted by atomic mass is 9.76. The number of rotatable bonds is 2. The Morgan fingerprint density at radius 2 is 2.00 bits per heavy atom. The lowest BCUT2D eigenvalue weighted by molar-refractivity contribution is 0.161. The summed E-state index contributed by atoms with van der Waals surface area (Å²) in [6.07, 6.45) is 3.62. The van der Waals surface area contributed by atoms with Crippen LogP contribution >= 0.6 is 15.9 Å². The van der Waals surface area contributed by atoms with Crippen molar-refractivity contribution in [1.29, 1.82) is 5.26 Å². The van der Waals surface area contributed by atoms with Crippen molar-refractivity contribution in [2.45, 2.75) is 33.2 Å². The average molecular weight is 256 g/mol. The van der Waals surface area contributed by atoms with Crippen LogP contribution < -0.4 is 0 Å². The van der Waals surface area contributed by atoms with Crippen LogP contribution in [0.15, 0.2) is 16.9 Å². The Morgan fingerprint density at radius 1 is 1.43 bits per heavy atom. The van der Waals surface area contributed by atoms with Gasteiger partial charge in [0.05, 0.1) is 27.7 Å². The summed E-state index contributed by atoms with van der Waals surface area (Å²) in [5, 5.41) is 13.3. The van der Waals surface area contributed by atoms with Gasteiger partial charge in [0.25, 0.3) is 0 Å². The van der Waals surface area contributed by atoms with Gasteiger partial charge in [-0.05, 0) is 43.6 Å². The molecule has 0 amide bonds. The third kappa shape index (κ3) is 1.69. The van der Waals surface area contributed by atoms with E-state index in [4.69, 9.17) is 5.26 Å². The van der Waals surface area contributed by atoms with Crippen molar-refractivity contribution < 1.29 is 0 Å². The van der Waals surface area contributed by atoms with E-state index in [1.165, 1.54) is 0 Å². The first-order valence-corrected chi connectivity index (χ1v) is 5.22. The molecule has 0 radical (unpaired) electrons. The minimum atomic E-state index is -0.460. The average Bonchev–Trinajstić information content (AvgIpc) is 2.52. The highest BCUT2D eigenvalue weighted by atomic mass is 79.9. The Kier molecular flexibility index (Phi) is 2.73. The molecule has 14 heavy (non-hydrogen) atoms. The maximum Gasteiger partial charge on any atom is 0.0764 e. The number of nitriles is 1. The monoisotopic (exact) mass is 255 g/mol. The van der Waals surface area contributed by atoms with E-state index in [2.05, 4.69) is 27.1 Å². The van der Waals surface area contributed by atoms with E-state index in [1.807, 2.05) is 38.6 Å². The second kappa shape index (κ2) is 3.39. The second-order valence-corrected chi connectivity index (χ2v) is 5.31. The maximum atomic E-state index is 9.09. The minimum absolute atomic E-state index is 0.326. The van der Waals surface area contributed by atoms with Gasteiger partial charge in [0, 0.05) is 6.20 Å². The molecule has 1 heterocycles. The zero-order chi connectivity index (χ0) is 11.0. The van der Waals surface area contributed by atoms with Gasteiger partial charge in [-0.1, -0.05) is 0 Å². The van der Waals surface area contributed by atoms with Crippen LogP contribution in [0.25, 0.3) is 0 Å². The van der Waals surface area contributed by atoms with Crippen LogP contribution in [0.2, 0.25) is 0 Å². The Bertz CT molecular complexity index is 371. The number of hydrogen-bond acceptors (Lipinski definition) is 2. The van der Waals surface area contributed by atoms with Gasteiger partial charge >= 0.3 is 0 Å². The number of aromatic nitrogens is 2. The lowest BCUT2D eigenvalue weighted by Crippen LogP contribution is -2.41. The molecule has 0 bridgehead atoms. The molecule has 76 valence electrons. The van der Waals surface area contributed by atoms with Gasteiger partial charge in [-0.2, -0.15) is 10.4 Å². The fourth-order valence-corrected chi connectivity index (χ4v) is 1.32. The summed E-state index contributed by atoms with van der Waals surface area (Å²) >= 11 is 3.35. The largest absolute Gasteiger partial charge is 0.264 e.